The first-order valence-corrected chi connectivity index (χ1v) is 11.4. The van der Waals surface area contributed by atoms with Gasteiger partial charge in [0.05, 0.1) is 12.6 Å². The van der Waals surface area contributed by atoms with E-state index >= 15 is 0 Å². The molecule has 2 amide bonds. The highest BCUT2D eigenvalue weighted by molar-refractivity contribution is 5.74. The van der Waals surface area contributed by atoms with Gasteiger partial charge in [-0.3, -0.25) is 0 Å². The number of unbranched alkanes of at least 4 members (excludes halogenated alkanes) is 15. The molecule has 4 nitrogen and oxygen atoms in total. The molecule has 3 N–H and O–H groups in total. The van der Waals surface area contributed by atoms with E-state index in [1.54, 1.807) is 6.92 Å². The Kier molecular flexibility index (Phi) is 19.9. The molecule has 0 saturated heterocycles. The van der Waals surface area contributed by atoms with Gasteiger partial charge in [0.25, 0.3) is 0 Å². The zero-order valence-corrected chi connectivity index (χ0v) is 17.7. The van der Waals surface area contributed by atoms with Gasteiger partial charge in [0.2, 0.25) is 0 Å². The van der Waals surface area contributed by atoms with Crippen LogP contribution in [0, 0.1) is 0 Å². The highest BCUT2D eigenvalue weighted by Crippen LogP contribution is 2.13. The van der Waals surface area contributed by atoms with E-state index in [9.17, 15) is 4.79 Å². The molecule has 26 heavy (non-hydrogen) atoms. The molecule has 0 heterocycles. The van der Waals surface area contributed by atoms with E-state index in [2.05, 4.69) is 17.6 Å². The molecule has 0 aromatic rings. The molecule has 1 unspecified atom stereocenters. The summed E-state index contributed by atoms with van der Waals surface area (Å²) in [6.45, 7) is 4.77. The van der Waals surface area contributed by atoms with E-state index in [0.29, 0.717) is 0 Å². The maximum atomic E-state index is 11.4. The van der Waals surface area contributed by atoms with Crippen molar-refractivity contribution in [2.45, 2.75) is 123 Å². The Bertz CT molecular complexity index is 298. The van der Waals surface area contributed by atoms with Crippen LogP contribution in [0.15, 0.2) is 0 Å². The first-order valence-electron chi connectivity index (χ1n) is 11.4. The van der Waals surface area contributed by atoms with Crippen molar-refractivity contribution in [1.29, 1.82) is 0 Å². The number of aliphatic hydroxyl groups is 1. The third kappa shape index (κ3) is 19.6. The minimum Gasteiger partial charge on any atom is -0.394 e. The lowest BCUT2D eigenvalue weighted by Gasteiger charge is -2.11. The number of rotatable bonds is 19. The van der Waals surface area contributed by atoms with Gasteiger partial charge in [-0.05, 0) is 13.3 Å². The van der Waals surface area contributed by atoms with E-state index in [1.807, 2.05) is 0 Å². The number of aliphatic hydroxyl groups excluding tert-OH is 1. The lowest BCUT2D eigenvalue weighted by atomic mass is 10.0. The van der Waals surface area contributed by atoms with Crippen molar-refractivity contribution in [1.82, 2.24) is 10.6 Å². The average molecular weight is 371 g/mol. The van der Waals surface area contributed by atoms with Crippen molar-refractivity contribution in [3.8, 4) is 0 Å². The Morgan fingerprint density at radius 2 is 1.12 bits per heavy atom. The van der Waals surface area contributed by atoms with Crippen LogP contribution >= 0.6 is 0 Å². The topological polar surface area (TPSA) is 61.4 Å². The largest absolute Gasteiger partial charge is 0.394 e. The van der Waals surface area contributed by atoms with Gasteiger partial charge in [-0.2, -0.15) is 0 Å². The zero-order chi connectivity index (χ0) is 19.3. The molecule has 0 rings (SSSR count). The Hall–Kier alpha value is -0.770. The first-order chi connectivity index (χ1) is 12.7. The SMILES string of the molecule is CCCCCCCCCCCCCCCCCCNC(=O)NC(C)CO. The molecule has 0 spiro atoms. The van der Waals surface area contributed by atoms with E-state index in [1.165, 1.54) is 96.3 Å². The van der Waals surface area contributed by atoms with Crippen LogP contribution in [-0.4, -0.2) is 30.3 Å². The van der Waals surface area contributed by atoms with Gasteiger partial charge in [-0.25, -0.2) is 4.79 Å². The number of carbonyl (C=O) groups is 1. The zero-order valence-electron chi connectivity index (χ0n) is 17.7. The Morgan fingerprint density at radius 3 is 1.50 bits per heavy atom. The molecule has 0 aliphatic heterocycles. The van der Waals surface area contributed by atoms with Gasteiger partial charge in [-0.1, -0.05) is 103 Å². The second-order valence-electron chi connectivity index (χ2n) is 7.79. The number of hydrogen-bond donors (Lipinski definition) is 3. The quantitative estimate of drug-likeness (QED) is 0.247. The number of hydrogen-bond acceptors (Lipinski definition) is 2. The summed E-state index contributed by atoms with van der Waals surface area (Å²) in [7, 11) is 0. The van der Waals surface area contributed by atoms with E-state index in [0.717, 1.165) is 13.0 Å². The van der Waals surface area contributed by atoms with Crippen LogP contribution in [0.5, 0.6) is 0 Å². The first kappa shape index (κ1) is 25.2. The number of carbonyl (C=O) groups excluding carboxylic acids is 1. The van der Waals surface area contributed by atoms with Crippen LogP contribution in [0.3, 0.4) is 0 Å². The van der Waals surface area contributed by atoms with Gasteiger partial charge in [0.1, 0.15) is 0 Å². The molecule has 0 aromatic carbocycles. The fourth-order valence-corrected chi connectivity index (χ4v) is 3.20. The third-order valence-electron chi connectivity index (χ3n) is 4.97. The standard InChI is InChI=1S/C22H46N2O2/c1-3-4-5-6-7-8-9-10-11-12-13-14-15-16-17-18-19-23-22(26)24-21(2)20-25/h21,25H,3-20H2,1-2H3,(H2,23,24,26). The van der Waals surface area contributed by atoms with Gasteiger partial charge in [0.15, 0.2) is 0 Å². The minimum atomic E-state index is -0.180. The van der Waals surface area contributed by atoms with Crippen LogP contribution in [0.4, 0.5) is 4.79 Å². The van der Waals surface area contributed by atoms with Crippen molar-refractivity contribution < 1.29 is 9.90 Å². The van der Waals surface area contributed by atoms with E-state index < -0.39 is 0 Å². The molecule has 0 saturated carbocycles. The van der Waals surface area contributed by atoms with Crippen LogP contribution < -0.4 is 10.6 Å². The summed E-state index contributed by atoms with van der Waals surface area (Å²) >= 11 is 0. The summed E-state index contributed by atoms with van der Waals surface area (Å²) in [4.78, 5) is 11.4. The molecule has 156 valence electrons. The fraction of sp³-hybridized carbons (Fsp3) is 0.955. The van der Waals surface area contributed by atoms with Crippen molar-refractivity contribution in [3.63, 3.8) is 0 Å². The Balaban J connectivity index is 3.10. The van der Waals surface area contributed by atoms with Crippen LogP contribution in [0.1, 0.15) is 117 Å². The van der Waals surface area contributed by atoms with Crippen molar-refractivity contribution in [3.05, 3.63) is 0 Å². The number of urea groups is 1. The summed E-state index contributed by atoms with van der Waals surface area (Å²) in [5, 5.41) is 14.4. The van der Waals surface area contributed by atoms with E-state index in [4.69, 9.17) is 5.11 Å². The molecule has 0 aliphatic carbocycles. The molecule has 0 radical (unpaired) electrons. The molecule has 4 heteroatoms. The number of amides is 2. The van der Waals surface area contributed by atoms with Crippen molar-refractivity contribution in [2.75, 3.05) is 13.2 Å². The van der Waals surface area contributed by atoms with Gasteiger partial charge in [-0.15, -0.1) is 0 Å². The Morgan fingerprint density at radius 1 is 0.731 bits per heavy atom. The summed E-state index contributed by atoms with van der Waals surface area (Å²) in [5.41, 5.74) is 0. The van der Waals surface area contributed by atoms with Crippen molar-refractivity contribution in [2.24, 2.45) is 0 Å². The number of nitrogens with one attached hydrogen (secondary N) is 2. The highest BCUT2D eigenvalue weighted by Gasteiger charge is 2.04. The van der Waals surface area contributed by atoms with Gasteiger partial charge >= 0.3 is 6.03 Å². The monoisotopic (exact) mass is 370 g/mol. The second-order valence-corrected chi connectivity index (χ2v) is 7.79. The lowest BCUT2D eigenvalue weighted by Crippen LogP contribution is -2.42. The maximum absolute atomic E-state index is 11.4. The summed E-state index contributed by atoms with van der Waals surface area (Å²) < 4.78 is 0. The molecule has 0 bridgehead atoms. The molecule has 0 aromatic heterocycles. The molecular weight excluding hydrogens is 324 g/mol. The van der Waals surface area contributed by atoms with E-state index in [-0.39, 0.29) is 18.7 Å². The molecule has 0 aliphatic rings. The average Bonchev–Trinajstić information content (AvgIpc) is 2.64. The van der Waals surface area contributed by atoms with Crippen LogP contribution in [0.2, 0.25) is 0 Å². The van der Waals surface area contributed by atoms with Crippen molar-refractivity contribution >= 4 is 6.03 Å². The minimum absolute atomic E-state index is 0.0214. The van der Waals surface area contributed by atoms with Crippen LogP contribution in [-0.2, 0) is 0 Å². The summed E-state index contributed by atoms with van der Waals surface area (Å²) in [6, 6.07) is -0.353. The van der Waals surface area contributed by atoms with Gasteiger partial charge < -0.3 is 15.7 Å². The molecule has 1 atom stereocenters. The summed E-state index contributed by atoms with van der Waals surface area (Å²) in [5.74, 6) is 0. The van der Waals surface area contributed by atoms with Gasteiger partial charge in [0, 0.05) is 6.54 Å². The fourth-order valence-electron chi connectivity index (χ4n) is 3.20. The second kappa shape index (κ2) is 20.5. The maximum Gasteiger partial charge on any atom is 0.315 e. The lowest BCUT2D eigenvalue weighted by molar-refractivity contribution is 0.220. The molecule has 0 fully saturated rings. The normalized spacial score (nSPS) is 12.1. The predicted molar refractivity (Wildman–Crippen MR) is 113 cm³/mol. The predicted octanol–water partition coefficient (Wildman–Crippen LogP) is 5.93. The highest BCUT2D eigenvalue weighted by atomic mass is 16.3. The summed E-state index contributed by atoms with van der Waals surface area (Å²) in [6.07, 6.45) is 21.8. The van der Waals surface area contributed by atoms with Crippen LogP contribution in [0.25, 0.3) is 0 Å². The Labute approximate surface area is 162 Å². The third-order valence-corrected chi connectivity index (χ3v) is 4.97. The smallest absolute Gasteiger partial charge is 0.315 e. The molecular formula is C22H46N2O2.